The minimum absolute atomic E-state index is 0.0640. The van der Waals surface area contributed by atoms with Crippen LogP contribution < -0.4 is 14.8 Å². The van der Waals surface area contributed by atoms with E-state index >= 15 is 0 Å². The van der Waals surface area contributed by atoms with Crippen LogP contribution in [0.2, 0.25) is 5.15 Å². The molecule has 11 heteroatoms. The van der Waals surface area contributed by atoms with Crippen LogP contribution in [-0.2, 0) is 19.6 Å². The summed E-state index contributed by atoms with van der Waals surface area (Å²) in [5, 5.41) is 2.59. The number of carbonyl (C=O) groups is 2. The van der Waals surface area contributed by atoms with Crippen LogP contribution >= 0.6 is 11.6 Å². The number of amides is 1. The molecule has 0 saturated carbocycles. The lowest BCUT2D eigenvalue weighted by molar-refractivity contribution is -0.119. The van der Waals surface area contributed by atoms with E-state index in [1.807, 2.05) is 6.92 Å². The van der Waals surface area contributed by atoms with Crippen LogP contribution in [0.15, 0.2) is 71.8 Å². The van der Waals surface area contributed by atoms with Gasteiger partial charge in [0.2, 0.25) is 0 Å². The zero-order valence-corrected chi connectivity index (χ0v) is 19.0. The van der Waals surface area contributed by atoms with Crippen LogP contribution in [-0.4, -0.2) is 38.5 Å². The summed E-state index contributed by atoms with van der Waals surface area (Å²) in [6.45, 7) is 1.78. The Bertz CT molecular complexity index is 1230. The highest BCUT2D eigenvalue weighted by Crippen LogP contribution is 2.20. The maximum atomic E-state index is 12.5. The zero-order valence-electron chi connectivity index (χ0n) is 17.4. The van der Waals surface area contributed by atoms with Gasteiger partial charge in [-0.2, -0.15) is 0 Å². The number of halogens is 1. The molecule has 0 radical (unpaired) electrons. The van der Waals surface area contributed by atoms with E-state index in [4.69, 9.17) is 21.1 Å². The number of hydrogen-bond acceptors (Lipinski definition) is 7. The molecule has 3 aromatic rings. The monoisotopic (exact) mass is 489 g/mol. The summed E-state index contributed by atoms with van der Waals surface area (Å²) < 4.78 is 37.8. The van der Waals surface area contributed by atoms with E-state index in [1.165, 1.54) is 42.6 Å². The quantitative estimate of drug-likeness (QED) is 0.346. The molecule has 9 nitrogen and oxygen atoms in total. The Labute approximate surface area is 195 Å². The third kappa shape index (κ3) is 6.67. The summed E-state index contributed by atoms with van der Waals surface area (Å²) in [5.74, 6) is -0.766. The van der Waals surface area contributed by atoms with Gasteiger partial charge in [0.25, 0.3) is 15.9 Å². The number of benzene rings is 2. The van der Waals surface area contributed by atoms with Crippen molar-refractivity contribution in [3.8, 4) is 5.75 Å². The van der Waals surface area contributed by atoms with Crippen molar-refractivity contribution >= 4 is 44.9 Å². The molecule has 0 saturated heterocycles. The number of hydrogen-bond donors (Lipinski definition) is 2. The fourth-order valence-corrected chi connectivity index (χ4v) is 3.88. The van der Waals surface area contributed by atoms with Crippen molar-refractivity contribution < 1.29 is 27.5 Å². The van der Waals surface area contributed by atoms with E-state index in [1.54, 1.807) is 24.3 Å². The number of sulfonamides is 1. The summed E-state index contributed by atoms with van der Waals surface area (Å²) in [5.41, 5.74) is 0.694. The lowest BCUT2D eigenvalue weighted by Gasteiger charge is -2.10. The summed E-state index contributed by atoms with van der Waals surface area (Å²) in [7, 11) is -3.82. The third-order valence-electron chi connectivity index (χ3n) is 4.19. The number of ether oxygens (including phenoxy) is 2. The van der Waals surface area contributed by atoms with Crippen molar-refractivity contribution in [2.45, 2.75) is 11.8 Å². The molecular weight excluding hydrogens is 470 g/mol. The molecule has 1 aromatic heterocycles. The molecule has 172 valence electrons. The molecule has 0 bridgehead atoms. The normalized spacial score (nSPS) is 10.8. The smallest absolute Gasteiger partial charge is 0.338 e. The Morgan fingerprint density at radius 3 is 2.36 bits per heavy atom. The summed E-state index contributed by atoms with van der Waals surface area (Å²) in [6, 6.07) is 14.7. The summed E-state index contributed by atoms with van der Waals surface area (Å²) in [4.78, 5) is 28.0. The van der Waals surface area contributed by atoms with Gasteiger partial charge in [0, 0.05) is 11.9 Å². The molecule has 1 heterocycles. The van der Waals surface area contributed by atoms with Crippen LogP contribution in [0.5, 0.6) is 5.75 Å². The Balaban J connectivity index is 1.56. The molecule has 0 aliphatic rings. The zero-order chi connectivity index (χ0) is 23.8. The highest BCUT2D eigenvalue weighted by Gasteiger charge is 2.16. The van der Waals surface area contributed by atoms with Crippen molar-refractivity contribution in [1.29, 1.82) is 0 Å². The highest BCUT2D eigenvalue weighted by molar-refractivity contribution is 7.92. The molecular formula is C22H20ClN3O6S. The number of aromatic nitrogens is 1. The second kappa shape index (κ2) is 10.8. The molecule has 0 unspecified atom stereocenters. The fraction of sp³-hybridized carbons (Fsp3) is 0.136. The molecule has 33 heavy (non-hydrogen) atoms. The van der Waals surface area contributed by atoms with E-state index in [0.717, 1.165) is 0 Å². The number of anilines is 2. The first kappa shape index (κ1) is 24.0. The SMILES string of the molecule is CCOc1ccc(S(=O)(=O)Nc2ccc(C(=O)OCC(=O)Nc3cccnc3Cl)cc2)cc1. The van der Waals surface area contributed by atoms with Crippen molar-refractivity contribution in [1.82, 2.24) is 4.98 Å². The predicted octanol–water partition coefficient (Wildman–Crippen LogP) is 3.73. The van der Waals surface area contributed by atoms with E-state index < -0.39 is 28.5 Å². The molecule has 2 aromatic carbocycles. The van der Waals surface area contributed by atoms with Gasteiger partial charge in [-0.15, -0.1) is 0 Å². The van der Waals surface area contributed by atoms with Gasteiger partial charge < -0.3 is 14.8 Å². The largest absolute Gasteiger partial charge is 0.494 e. The van der Waals surface area contributed by atoms with Crippen molar-refractivity contribution in [3.05, 3.63) is 77.6 Å². The number of esters is 1. The first-order valence-electron chi connectivity index (χ1n) is 9.71. The number of nitrogens with zero attached hydrogens (tertiary/aromatic N) is 1. The molecule has 1 amide bonds. The van der Waals surface area contributed by atoms with Gasteiger partial charge in [-0.25, -0.2) is 18.2 Å². The van der Waals surface area contributed by atoms with Crippen molar-refractivity contribution in [2.24, 2.45) is 0 Å². The van der Waals surface area contributed by atoms with Crippen LogP contribution in [0, 0.1) is 0 Å². The first-order valence-corrected chi connectivity index (χ1v) is 11.6. The minimum atomic E-state index is -3.82. The Kier molecular flexibility index (Phi) is 7.86. The molecule has 0 aliphatic heterocycles. The number of pyridine rings is 1. The van der Waals surface area contributed by atoms with Crippen LogP contribution in [0.1, 0.15) is 17.3 Å². The number of rotatable bonds is 9. The second-order valence-corrected chi connectivity index (χ2v) is 8.59. The van der Waals surface area contributed by atoms with Gasteiger partial charge in [0.15, 0.2) is 11.8 Å². The predicted molar refractivity (Wildman–Crippen MR) is 123 cm³/mol. The summed E-state index contributed by atoms with van der Waals surface area (Å²) >= 11 is 5.86. The highest BCUT2D eigenvalue weighted by atomic mass is 35.5. The van der Waals surface area contributed by atoms with Crippen molar-refractivity contribution in [3.63, 3.8) is 0 Å². The second-order valence-electron chi connectivity index (χ2n) is 6.55. The van der Waals surface area contributed by atoms with Gasteiger partial charge in [0.05, 0.1) is 22.8 Å². The lowest BCUT2D eigenvalue weighted by atomic mass is 10.2. The average molecular weight is 490 g/mol. The van der Waals surface area contributed by atoms with Crippen LogP contribution in [0.3, 0.4) is 0 Å². The van der Waals surface area contributed by atoms with Gasteiger partial charge in [-0.05, 0) is 67.6 Å². The number of carbonyl (C=O) groups excluding carboxylic acids is 2. The van der Waals surface area contributed by atoms with Crippen LogP contribution in [0.4, 0.5) is 11.4 Å². The Morgan fingerprint density at radius 2 is 1.73 bits per heavy atom. The molecule has 0 fully saturated rings. The van der Waals surface area contributed by atoms with Crippen molar-refractivity contribution in [2.75, 3.05) is 23.3 Å². The third-order valence-corrected chi connectivity index (χ3v) is 5.88. The summed E-state index contributed by atoms with van der Waals surface area (Å²) in [6.07, 6.45) is 1.47. The molecule has 0 atom stereocenters. The maximum Gasteiger partial charge on any atom is 0.338 e. The maximum absolute atomic E-state index is 12.5. The lowest BCUT2D eigenvalue weighted by Crippen LogP contribution is -2.21. The van der Waals surface area contributed by atoms with Gasteiger partial charge in [-0.3, -0.25) is 9.52 Å². The van der Waals surface area contributed by atoms with E-state index in [9.17, 15) is 18.0 Å². The fourth-order valence-electron chi connectivity index (χ4n) is 2.65. The Morgan fingerprint density at radius 1 is 1.03 bits per heavy atom. The molecule has 2 N–H and O–H groups in total. The van der Waals surface area contributed by atoms with Crippen LogP contribution in [0.25, 0.3) is 0 Å². The average Bonchev–Trinajstić information content (AvgIpc) is 2.80. The Hall–Kier alpha value is -3.63. The number of nitrogens with one attached hydrogen (secondary N) is 2. The molecule has 3 rings (SSSR count). The standard InChI is InChI=1S/C22H20ClN3O6S/c1-2-31-17-9-11-18(12-10-17)33(29,30)26-16-7-5-15(6-8-16)22(28)32-14-20(27)25-19-4-3-13-24-21(19)23/h3-13,26H,2,14H2,1H3,(H,25,27). The first-order chi connectivity index (χ1) is 15.8. The molecule has 0 spiro atoms. The van der Waals surface area contributed by atoms with E-state index in [0.29, 0.717) is 18.0 Å². The van der Waals surface area contributed by atoms with Gasteiger partial charge in [-0.1, -0.05) is 11.6 Å². The van der Waals surface area contributed by atoms with E-state index in [2.05, 4.69) is 15.0 Å². The van der Waals surface area contributed by atoms with Gasteiger partial charge in [0.1, 0.15) is 5.75 Å². The molecule has 0 aliphatic carbocycles. The topological polar surface area (TPSA) is 124 Å². The van der Waals surface area contributed by atoms with E-state index in [-0.39, 0.29) is 21.3 Å². The minimum Gasteiger partial charge on any atom is -0.494 e. The van der Waals surface area contributed by atoms with Gasteiger partial charge >= 0.3 is 5.97 Å².